The third kappa shape index (κ3) is 5.59. The summed E-state index contributed by atoms with van der Waals surface area (Å²) in [5, 5.41) is 8.73. The van der Waals surface area contributed by atoms with E-state index in [2.05, 4.69) is 6.58 Å². The van der Waals surface area contributed by atoms with Crippen LogP contribution in [0, 0.1) is 0 Å². The second-order valence-corrected chi connectivity index (χ2v) is 3.94. The first-order valence-corrected chi connectivity index (χ1v) is 4.60. The number of nitrogens with zero attached hydrogens (tertiary/aromatic N) is 1. The molecule has 0 unspecified atom stereocenters. The molecule has 1 N–H and O–H groups in total. The Labute approximate surface area is 85.2 Å². The van der Waals surface area contributed by atoms with E-state index in [0.717, 1.165) is 0 Å². The molecule has 0 atom stereocenters. The molecule has 0 aliphatic carbocycles. The van der Waals surface area contributed by atoms with Gasteiger partial charge >= 0.3 is 6.09 Å². The molecule has 0 aromatic rings. The Kier molecular flexibility index (Phi) is 5.23. The van der Waals surface area contributed by atoms with E-state index in [0.29, 0.717) is 6.54 Å². The predicted molar refractivity (Wildman–Crippen MR) is 55.1 cm³/mol. The molecule has 0 spiro atoms. The lowest BCUT2D eigenvalue weighted by molar-refractivity contribution is 0.0243. The van der Waals surface area contributed by atoms with Gasteiger partial charge in [0.25, 0.3) is 0 Å². The molecule has 0 rings (SSSR count). The van der Waals surface area contributed by atoms with Gasteiger partial charge in [0.15, 0.2) is 0 Å². The lowest BCUT2D eigenvalue weighted by Gasteiger charge is -2.26. The number of aliphatic hydroxyl groups excluding tert-OH is 1. The highest BCUT2D eigenvalue weighted by Gasteiger charge is 2.20. The molecular formula is C10H19NO3. The van der Waals surface area contributed by atoms with E-state index in [1.807, 2.05) is 0 Å². The van der Waals surface area contributed by atoms with Crippen LogP contribution < -0.4 is 0 Å². The van der Waals surface area contributed by atoms with Gasteiger partial charge in [-0.1, -0.05) is 6.08 Å². The lowest BCUT2D eigenvalue weighted by atomic mass is 10.2. The van der Waals surface area contributed by atoms with E-state index in [-0.39, 0.29) is 13.2 Å². The van der Waals surface area contributed by atoms with E-state index in [4.69, 9.17) is 9.84 Å². The summed E-state index contributed by atoms with van der Waals surface area (Å²) in [5.41, 5.74) is -0.508. The van der Waals surface area contributed by atoms with Gasteiger partial charge in [-0.15, -0.1) is 6.58 Å². The zero-order valence-electron chi connectivity index (χ0n) is 9.12. The maximum Gasteiger partial charge on any atom is 0.410 e. The highest BCUT2D eigenvalue weighted by Crippen LogP contribution is 2.09. The Bertz CT molecular complexity index is 196. The van der Waals surface area contributed by atoms with Crippen LogP contribution in [-0.2, 0) is 4.74 Å². The average molecular weight is 201 g/mol. The first-order chi connectivity index (χ1) is 6.40. The van der Waals surface area contributed by atoms with E-state index in [1.165, 1.54) is 4.90 Å². The first kappa shape index (κ1) is 13.0. The molecular weight excluding hydrogens is 182 g/mol. The number of hydrogen-bond acceptors (Lipinski definition) is 3. The van der Waals surface area contributed by atoms with Gasteiger partial charge in [-0.05, 0) is 20.8 Å². The number of aliphatic hydroxyl groups is 1. The largest absolute Gasteiger partial charge is 0.444 e. The van der Waals surface area contributed by atoms with Crippen LogP contribution in [-0.4, -0.2) is 41.4 Å². The third-order valence-electron chi connectivity index (χ3n) is 1.37. The zero-order valence-corrected chi connectivity index (χ0v) is 9.12. The molecule has 0 bridgehead atoms. The summed E-state index contributed by atoms with van der Waals surface area (Å²) in [5.74, 6) is 0. The number of carbonyl (C=O) groups excluding carboxylic acids is 1. The Balaban J connectivity index is 4.21. The summed E-state index contributed by atoms with van der Waals surface area (Å²) in [6.07, 6.45) is 1.17. The number of hydrogen-bond donors (Lipinski definition) is 1. The summed E-state index contributed by atoms with van der Waals surface area (Å²) in [7, 11) is 0. The van der Waals surface area contributed by atoms with E-state index in [9.17, 15) is 4.79 Å². The molecule has 1 amide bonds. The van der Waals surface area contributed by atoms with Gasteiger partial charge in [0.2, 0.25) is 0 Å². The summed E-state index contributed by atoms with van der Waals surface area (Å²) < 4.78 is 5.13. The normalized spacial score (nSPS) is 10.9. The van der Waals surface area contributed by atoms with Crippen LogP contribution in [0.2, 0.25) is 0 Å². The molecule has 0 radical (unpaired) electrons. The van der Waals surface area contributed by atoms with Crippen molar-refractivity contribution in [2.75, 3.05) is 19.7 Å². The fourth-order valence-corrected chi connectivity index (χ4v) is 0.860. The van der Waals surface area contributed by atoms with E-state index < -0.39 is 11.7 Å². The summed E-state index contributed by atoms with van der Waals surface area (Å²) >= 11 is 0. The first-order valence-electron chi connectivity index (χ1n) is 4.60. The number of amides is 1. The van der Waals surface area contributed by atoms with Gasteiger partial charge in [-0.2, -0.15) is 0 Å². The second-order valence-electron chi connectivity index (χ2n) is 3.94. The quantitative estimate of drug-likeness (QED) is 0.699. The second kappa shape index (κ2) is 5.65. The Morgan fingerprint density at radius 2 is 2.14 bits per heavy atom. The Hall–Kier alpha value is -1.03. The van der Waals surface area contributed by atoms with Crippen LogP contribution in [0.3, 0.4) is 0 Å². The molecule has 0 aromatic carbocycles. The van der Waals surface area contributed by atoms with Crippen LogP contribution in [0.25, 0.3) is 0 Å². The molecule has 82 valence electrons. The molecule has 4 nitrogen and oxygen atoms in total. The molecule has 0 aliphatic heterocycles. The molecule has 0 saturated heterocycles. The molecule has 0 fully saturated rings. The maximum absolute atomic E-state index is 11.5. The van der Waals surface area contributed by atoms with Crippen molar-refractivity contribution in [2.24, 2.45) is 0 Å². The minimum atomic E-state index is -0.508. The van der Waals surface area contributed by atoms with Crippen molar-refractivity contribution in [1.29, 1.82) is 0 Å². The molecule has 0 aromatic heterocycles. The van der Waals surface area contributed by atoms with Crippen molar-refractivity contribution in [3.8, 4) is 0 Å². The molecule has 14 heavy (non-hydrogen) atoms. The Morgan fingerprint density at radius 3 is 2.50 bits per heavy atom. The fraction of sp³-hybridized carbons (Fsp3) is 0.700. The highest BCUT2D eigenvalue weighted by atomic mass is 16.6. The van der Waals surface area contributed by atoms with Crippen molar-refractivity contribution >= 4 is 6.09 Å². The van der Waals surface area contributed by atoms with Gasteiger partial charge in [0.05, 0.1) is 6.61 Å². The minimum Gasteiger partial charge on any atom is -0.444 e. The molecule has 4 heteroatoms. The topological polar surface area (TPSA) is 49.8 Å². The maximum atomic E-state index is 11.5. The van der Waals surface area contributed by atoms with E-state index in [1.54, 1.807) is 26.8 Å². The van der Waals surface area contributed by atoms with Crippen molar-refractivity contribution in [1.82, 2.24) is 4.90 Å². The molecule has 0 aliphatic rings. The van der Waals surface area contributed by atoms with Gasteiger partial charge in [0, 0.05) is 13.1 Å². The average Bonchev–Trinajstić information content (AvgIpc) is 2.01. The lowest BCUT2D eigenvalue weighted by Crippen LogP contribution is -2.38. The van der Waals surface area contributed by atoms with Gasteiger partial charge in [0.1, 0.15) is 5.60 Å². The number of rotatable bonds is 4. The smallest absolute Gasteiger partial charge is 0.410 e. The van der Waals surface area contributed by atoms with Gasteiger partial charge in [-0.25, -0.2) is 4.79 Å². The third-order valence-corrected chi connectivity index (χ3v) is 1.37. The van der Waals surface area contributed by atoms with Crippen molar-refractivity contribution < 1.29 is 14.6 Å². The van der Waals surface area contributed by atoms with Crippen molar-refractivity contribution in [3.05, 3.63) is 12.7 Å². The summed E-state index contributed by atoms with van der Waals surface area (Å²) in [6.45, 7) is 9.51. The van der Waals surface area contributed by atoms with Crippen LogP contribution in [0.4, 0.5) is 4.79 Å². The van der Waals surface area contributed by atoms with Crippen molar-refractivity contribution in [2.45, 2.75) is 26.4 Å². The predicted octanol–water partition coefficient (Wildman–Crippen LogP) is 1.40. The van der Waals surface area contributed by atoms with Crippen LogP contribution >= 0.6 is 0 Å². The van der Waals surface area contributed by atoms with Gasteiger partial charge in [-0.3, -0.25) is 0 Å². The monoisotopic (exact) mass is 201 g/mol. The van der Waals surface area contributed by atoms with Crippen LogP contribution in [0.15, 0.2) is 12.7 Å². The van der Waals surface area contributed by atoms with E-state index >= 15 is 0 Å². The van der Waals surface area contributed by atoms with Gasteiger partial charge < -0.3 is 14.7 Å². The molecule has 0 saturated carbocycles. The highest BCUT2D eigenvalue weighted by molar-refractivity contribution is 5.68. The Morgan fingerprint density at radius 1 is 1.57 bits per heavy atom. The summed E-state index contributed by atoms with van der Waals surface area (Å²) in [6, 6.07) is 0. The van der Waals surface area contributed by atoms with Crippen LogP contribution in [0.1, 0.15) is 20.8 Å². The zero-order chi connectivity index (χ0) is 11.2. The standard InChI is InChI=1S/C10H19NO3/c1-5-6-11(7-8-12)9(13)14-10(2,3)4/h5,12H,1,6-8H2,2-4H3. The fourth-order valence-electron chi connectivity index (χ4n) is 0.860. The SMILES string of the molecule is C=CCN(CCO)C(=O)OC(C)(C)C. The minimum absolute atomic E-state index is 0.0763. The number of ether oxygens (including phenoxy) is 1. The molecule has 0 heterocycles. The number of carbonyl (C=O) groups is 1. The van der Waals surface area contributed by atoms with Crippen LogP contribution in [0.5, 0.6) is 0 Å². The van der Waals surface area contributed by atoms with Crippen molar-refractivity contribution in [3.63, 3.8) is 0 Å². The summed E-state index contributed by atoms with van der Waals surface area (Å²) in [4.78, 5) is 12.9.